The number of hydrogen-bond donors (Lipinski definition) is 1. The molecule has 5 nitrogen and oxygen atoms in total. The Bertz CT molecular complexity index is 1350. The second-order valence-electron chi connectivity index (χ2n) is 8.10. The van der Waals surface area contributed by atoms with Crippen LogP contribution in [0.25, 0.3) is 0 Å². The number of para-hydroxylation sites is 2. The van der Waals surface area contributed by atoms with Gasteiger partial charge in [0.05, 0.1) is 24.6 Å². The summed E-state index contributed by atoms with van der Waals surface area (Å²) < 4.78 is 7.51. The second kappa shape index (κ2) is 9.91. The average Bonchev–Trinajstić information content (AvgIpc) is 3.19. The quantitative estimate of drug-likeness (QED) is 0.392. The third kappa shape index (κ3) is 4.41. The van der Waals surface area contributed by atoms with Crippen molar-refractivity contribution < 1.29 is 9.53 Å². The van der Waals surface area contributed by atoms with Crippen LogP contribution >= 0.6 is 23.1 Å². The number of anilines is 1. The van der Waals surface area contributed by atoms with E-state index in [4.69, 9.17) is 4.74 Å². The van der Waals surface area contributed by atoms with Gasteiger partial charge in [0.1, 0.15) is 5.75 Å². The van der Waals surface area contributed by atoms with Crippen LogP contribution in [0.1, 0.15) is 21.9 Å². The molecular weight excluding hydrogens is 464 g/mol. The maximum Gasteiger partial charge on any atom is 0.308 e. The first kappa shape index (κ1) is 22.5. The van der Waals surface area contributed by atoms with Crippen molar-refractivity contribution in [3.05, 3.63) is 111 Å². The Hall–Kier alpha value is -3.29. The SMILES string of the molecule is COc1ccccc1[C@@H]1c2sc(=O)n(Cc3ccccc3)c2SC[C@H]1C(=O)Nc1ccccc1. The number of nitrogens with one attached hydrogen (secondary N) is 1. The van der Waals surface area contributed by atoms with Crippen LogP contribution in [-0.4, -0.2) is 23.3 Å². The van der Waals surface area contributed by atoms with Gasteiger partial charge in [-0.2, -0.15) is 0 Å². The summed E-state index contributed by atoms with van der Waals surface area (Å²) in [6, 6.07) is 27.2. The molecule has 0 fully saturated rings. The Morgan fingerprint density at radius 1 is 1.00 bits per heavy atom. The number of hydrogen-bond acceptors (Lipinski definition) is 5. The van der Waals surface area contributed by atoms with Crippen LogP contribution in [0.15, 0.2) is 94.7 Å². The van der Waals surface area contributed by atoms with E-state index in [1.54, 1.807) is 18.9 Å². The molecule has 1 amide bonds. The van der Waals surface area contributed by atoms with Crippen molar-refractivity contribution in [3.63, 3.8) is 0 Å². The van der Waals surface area contributed by atoms with Gasteiger partial charge >= 0.3 is 4.87 Å². The summed E-state index contributed by atoms with van der Waals surface area (Å²) in [5.74, 6) is 0.608. The highest BCUT2D eigenvalue weighted by molar-refractivity contribution is 7.99. The summed E-state index contributed by atoms with van der Waals surface area (Å²) in [5.41, 5.74) is 2.76. The van der Waals surface area contributed by atoms with Crippen LogP contribution in [-0.2, 0) is 11.3 Å². The number of fused-ring (bicyclic) bond motifs is 1. The summed E-state index contributed by atoms with van der Waals surface area (Å²) in [5, 5.41) is 4.01. The molecule has 0 spiro atoms. The highest BCUT2D eigenvalue weighted by atomic mass is 32.2. The minimum absolute atomic E-state index is 0.00892. The molecule has 0 aliphatic carbocycles. The second-order valence-corrected chi connectivity index (χ2v) is 10.1. The normalized spacial score (nSPS) is 17.1. The van der Waals surface area contributed by atoms with E-state index >= 15 is 0 Å². The number of thiazole rings is 1. The van der Waals surface area contributed by atoms with Crippen LogP contribution in [0, 0.1) is 5.92 Å². The fourth-order valence-electron chi connectivity index (χ4n) is 4.37. The summed E-state index contributed by atoms with van der Waals surface area (Å²) >= 11 is 2.82. The van der Waals surface area contributed by atoms with Gasteiger partial charge in [-0.3, -0.25) is 14.2 Å². The number of carbonyl (C=O) groups excluding carboxylic acids is 1. The standard InChI is InChI=1S/C27H24N2O3S2/c1-32-22-15-9-8-14-20(22)23-21(25(30)28-19-12-6-3-7-13-19)17-33-26-24(23)34-27(31)29(26)16-18-10-4-2-5-11-18/h2-15,21,23H,16-17H2,1H3,(H,28,30)/t21-,23+/m1/s1. The van der Waals surface area contributed by atoms with E-state index in [2.05, 4.69) is 5.32 Å². The van der Waals surface area contributed by atoms with Crippen molar-refractivity contribution >= 4 is 34.7 Å². The lowest BCUT2D eigenvalue weighted by molar-refractivity contribution is -0.119. The molecule has 1 aliphatic heterocycles. The zero-order chi connectivity index (χ0) is 23.5. The summed E-state index contributed by atoms with van der Waals surface area (Å²) in [6.45, 7) is 0.512. The van der Waals surface area contributed by atoms with Crippen molar-refractivity contribution in [1.29, 1.82) is 0 Å². The Balaban J connectivity index is 1.58. The smallest absolute Gasteiger partial charge is 0.308 e. The lowest BCUT2D eigenvalue weighted by Gasteiger charge is -2.31. The van der Waals surface area contributed by atoms with Crippen molar-refractivity contribution in [2.24, 2.45) is 5.92 Å². The molecule has 0 unspecified atom stereocenters. The van der Waals surface area contributed by atoms with Crippen molar-refractivity contribution in [1.82, 2.24) is 4.57 Å². The van der Waals surface area contributed by atoms with E-state index in [9.17, 15) is 9.59 Å². The lowest BCUT2D eigenvalue weighted by Crippen LogP contribution is -2.33. The highest BCUT2D eigenvalue weighted by Crippen LogP contribution is 2.48. The zero-order valence-corrected chi connectivity index (χ0v) is 20.3. The van der Waals surface area contributed by atoms with E-state index in [1.807, 2.05) is 89.5 Å². The van der Waals surface area contributed by atoms with E-state index in [0.717, 1.165) is 32.5 Å². The Morgan fingerprint density at radius 2 is 1.68 bits per heavy atom. The van der Waals surface area contributed by atoms with Gasteiger partial charge in [-0.1, -0.05) is 78.1 Å². The van der Waals surface area contributed by atoms with Crippen molar-refractivity contribution in [2.45, 2.75) is 17.5 Å². The molecule has 2 atom stereocenters. The molecule has 1 N–H and O–H groups in total. The third-order valence-electron chi connectivity index (χ3n) is 5.99. The summed E-state index contributed by atoms with van der Waals surface area (Å²) in [4.78, 5) is 27.6. The topological polar surface area (TPSA) is 60.3 Å². The monoisotopic (exact) mass is 488 g/mol. The first-order valence-electron chi connectivity index (χ1n) is 11.0. The molecule has 1 aliphatic rings. The maximum atomic E-state index is 13.5. The van der Waals surface area contributed by atoms with Gasteiger partial charge in [-0.05, 0) is 23.8 Å². The van der Waals surface area contributed by atoms with Gasteiger partial charge in [0.25, 0.3) is 0 Å². The van der Waals surface area contributed by atoms with Gasteiger partial charge < -0.3 is 10.1 Å². The van der Waals surface area contributed by atoms with E-state index in [-0.39, 0.29) is 22.6 Å². The molecule has 34 heavy (non-hydrogen) atoms. The molecule has 0 radical (unpaired) electrons. The summed E-state index contributed by atoms with van der Waals surface area (Å²) in [7, 11) is 1.64. The maximum absolute atomic E-state index is 13.5. The van der Waals surface area contributed by atoms with E-state index in [0.29, 0.717) is 12.3 Å². The first-order chi connectivity index (χ1) is 16.7. The average molecular weight is 489 g/mol. The predicted molar refractivity (Wildman–Crippen MR) is 138 cm³/mol. The Kier molecular flexibility index (Phi) is 6.56. The van der Waals surface area contributed by atoms with Gasteiger partial charge in [-0.15, -0.1) is 11.8 Å². The molecular formula is C27H24N2O3S2. The lowest BCUT2D eigenvalue weighted by atomic mass is 9.84. The minimum Gasteiger partial charge on any atom is -0.496 e. The number of thioether (sulfide) groups is 1. The largest absolute Gasteiger partial charge is 0.496 e. The first-order valence-corrected chi connectivity index (χ1v) is 12.8. The molecule has 172 valence electrons. The molecule has 0 saturated heterocycles. The minimum atomic E-state index is -0.350. The van der Waals surface area contributed by atoms with E-state index in [1.165, 1.54) is 11.3 Å². The molecule has 0 bridgehead atoms. The van der Waals surface area contributed by atoms with Crippen LogP contribution in [0.5, 0.6) is 5.75 Å². The van der Waals surface area contributed by atoms with Crippen LogP contribution in [0.3, 0.4) is 0 Å². The molecule has 4 aromatic rings. The van der Waals surface area contributed by atoms with Crippen molar-refractivity contribution in [3.8, 4) is 5.75 Å². The number of nitrogens with zero attached hydrogens (tertiary/aromatic N) is 1. The molecule has 2 heterocycles. The fourth-order valence-corrected chi connectivity index (χ4v) is 7.05. The Labute approximate surface area is 206 Å². The highest BCUT2D eigenvalue weighted by Gasteiger charge is 2.40. The van der Waals surface area contributed by atoms with Gasteiger partial charge in [0.15, 0.2) is 0 Å². The van der Waals surface area contributed by atoms with Crippen LogP contribution in [0.4, 0.5) is 5.69 Å². The van der Waals surface area contributed by atoms with E-state index < -0.39 is 0 Å². The molecule has 3 aromatic carbocycles. The molecule has 7 heteroatoms. The third-order valence-corrected chi connectivity index (χ3v) is 8.42. The number of benzene rings is 3. The molecule has 1 aromatic heterocycles. The van der Waals surface area contributed by atoms with Crippen molar-refractivity contribution in [2.75, 3.05) is 18.2 Å². The molecule has 0 saturated carbocycles. The summed E-state index contributed by atoms with van der Waals surface area (Å²) in [6.07, 6.45) is 0. The number of ether oxygens (including phenoxy) is 1. The number of aromatic nitrogens is 1. The number of rotatable bonds is 6. The number of carbonyl (C=O) groups is 1. The fraction of sp³-hybridized carbons (Fsp3) is 0.185. The van der Waals surface area contributed by atoms with Gasteiger partial charge in [0, 0.05) is 27.8 Å². The van der Waals surface area contributed by atoms with Gasteiger partial charge in [-0.25, -0.2) is 0 Å². The zero-order valence-electron chi connectivity index (χ0n) is 18.6. The molecule has 5 rings (SSSR count). The number of methoxy groups -OCH3 is 1. The van der Waals surface area contributed by atoms with Crippen LogP contribution in [0.2, 0.25) is 0 Å². The predicted octanol–water partition coefficient (Wildman–Crippen LogP) is 5.46. The Morgan fingerprint density at radius 3 is 2.41 bits per heavy atom. The number of amides is 1. The van der Waals surface area contributed by atoms with Gasteiger partial charge in [0.2, 0.25) is 5.91 Å². The van der Waals surface area contributed by atoms with Crippen LogP contribution < -0.4 is 14.9 Å².